The first-order valence-electron chi connectivity index (χ1n) is 6.90. The van der Waals surface area contributed by atoms with Gasteiger partial charge < -0.3 is 10.1 Å². The Morgan fingerprint density at radius 3 is 2.57 bits per heavy atom. The quantitative estimate of drug-likeness (QED) is 0.475. The number of anilines is 1. The minimum absolute atomic E-state index is 0.00349. The van der Waals surface area contributed by atoms with E-state index in [9.17, 15) is 14.9 Å². The van der Waals surface area contributed by atoms with Gasteiger partial charge in [-0.1, -0.05) is 12.1 Å². The first kappa shape index (κ1) is 16.8. The zero-order valence-electron chi connectivity index (χ0n) is 12.5. The number of carbonyl (C=O) groups is 1. The van der Waals surface area contributed by atoms with Gasteiger partial charge in [0.15, 0.2) is 0 Å². The molecular formula is C16H16N2O4S. The number of nitro benzene ring substituents is 1. The molecule has 0 bridgehead atoms. The van der Waals surface area contributed by atoms with Crippen LogP contribution in [0.15, 0.2) is 53.4 Å². The van der Waals surface area contributed by atoms with Crippen molar-refractivity contribution >= 4 is 29.0 Å². The van der Waals surface area contributed by atoms with Crippen molar-refractivity contribution in [2.24, 2.45) is 0 Å². The van der Waals surface area contributed by atoms with Gasteiger partial charge in [0.25, 0.3) is 5.69 Å². The van der Waals surface area contributed by atoms with Crippen LogP contribution in [0.1, 0.15) is 6.42 Å². The maximum atomic E-state index is 11.9. The van der Waals surface area contributed by atoms with Gasteiger partial charge in [0.05, 0.1) is 23.6 Å². The molecule has 1 amide bonds. The molecule has 2 aromatic rings. The van der Waals surface area contributed by atoms with E-state index in [0.29, 0.717) is 5.75 Å². The van der Waals surface area contributed by atoms with Crippen molar-refractivity contribution in [3.8, 4) is 5.75 Å². The Kier molecular flexibility index (Phi) is 5.99. The molecule has 0 fully saturated rings. The zero-order valence-corrected chi connectivity index (χ0v) is 13.3. The summed E-state index contributed by atoms with van der Waals surface area (Å²) in [5.74, 6) is 0.348. The number of thioether (sulfide) groups is 1. The van der Waals surface area contributed by atoms with Gasteiger partial charge in [-0.3, -0.25) is 14.9 Å². The number of nitro groups is 1. The average molecular weight is 332 g/mol. The van der Waals surface area contributed by atoms with E-state index in [2.05, 4.69) is 5.32 Å². The molecule has 0 atom stereocenters. The zero-order chi connectivity index (χ0) is 16.7. The fraction of sp³-hybridized carbons (Fsp3) is 0.188. The van der Waals surface area contributed by atoms with Gasteiger partial charge in [-0.2, -0.15) is 0 Å². The van der Waals surface area contributed by atoms with Crippen LogP contribution in [0.4, 0.5) is 11.4 Å². The Morgan fingerprint density at radius 1 is 1.22 bits per heavy atom. The van der Waals surface area contributed by atoms with Crippen LogP contribution < -0.4 is 10.1 Å². The van der Waals surface area contributed by atoms with Crippen molar-refractivity contribution < 1.29 is 14.5 Å². The molecule has 1 N–H and O–H groups in total. The van der Waals surface area contributed by atoms with Crippen LogP contribution in [0.3, 0.4) is 0 Å². The normalized spacial score (nSPS) is 10.1. The predicted octanol–water partition coefficient (Wildman–Crippen LogP) is 3.72. The van der Waals surface area contributed by atoms with Crippen LogP contribution in [0, 0.1) is 10.1 Å². The van der Waals surface area contributed by atoms with E-state index >= 15 is 0 Å². The van der Waals surface area contributed by atoms with Gasteiger partial charge in [-0.05, 0) is 30.5 Å². The molecule has 0 aliphatic carbocycles. The summed E-state index contributed by atoms with van der Waals surface area (Å²) in [5, 5.41) is 13.4. The Morgan fingerprint density at radius 2 is 1.91 bits per heavy atom. The topological polar surface area (TPSA) is 81.5 Å². The molecule has 2 aromatic carbocycles. The van der Waals surface area contributed by atoms with Crippen molar-refractivity contribution in [2.75, 3.05) is 18.2 Å². The summed E-state index contributed by atoms with van der Waals surface area (Å²) in [6.07, 6.45) is 2.14. The Hall–Kier alpha value is -2.54. The van der Waals surface area contributed by atoms with Crippen LogP contribution in [0.5, 0.6) is 5.75 Å². The van der Waals surface area contributed by atoms with Crippen molar-refractivity contribution in [3.63, 3.8) is 0 Å². The van der Waals surface area contributed by atoms with Gasteiger partial charge >= 0.3 is 0 Å². The van der Waals surface area contributed by atoms with E-state index in [-0.39, 0.29) is 24.6 Å². The Balaban J connectivity index is 1.81. The number of para-hydroxylation sites is 1. The van der Waals surface area contributed by atoms with Crippen LogP contribution in [-0.4, -0.2) is 23.7 Å². The highest BCUT2D eigenvalue weighted by Gasteiger charge is 2.07. The van der Waals surface area contributed by atoms with Crippen molar-refractivity contribution in [2.45, 2.75) is 11.3 Å². The summed E-state index contributed by atoms with van der Waals surface area (Å²) in [7, 11) is 0. The number of non-ortho nitro benzene ring substituents is 1. The van der Waals surface area contributed by atoms with Gasteiger partial charge in [-0.25, -0.2) is 0 Å². The lowest BCUT2D eigenvalue weighted by atomic mass is 10.3. The molecule has 120 valence electrons. The number of carbonyl (C=O) groups excluding carboxylic acids is 1. The third-order valence-corrected chi connectivity index (χ3v) is 3.82. The molecule has 0 aliphatic heterocycles. The molecule has 0 spiro atoms. The molecule has 0 heterocycles. The maximum absolute atomic E-state index is 11.9. The summed E-state index contributed by atoms with van der Waals surface area (Å²) in [6.45, 7) is 0.199. The number of nitrogens with zero attached hydrogens (tertiary/aromatic N) is 1. The first-order chi connectivity index (χ1) is 11.1. The molecule has 7 heteroatoms. The fourth-order valence-electron chi connectivity index (χ4n) is 1.89. The van der Waals surface area contributed by atoms with Crippen LogP contribution in [-0.2, 0) is 4.79 Å². The average Bonchev–Trinajstić information content (AvgIpc) is 2.56. The van der Waals surface area contributed by atoms with Crippen LogP contribution >= 0.6 is 11.8 Å². The predicted molar refractivity (Wildman–Crippen MR) is 90.1 cm³/mol. The van der Waals surface area contributed by atoms with Crippen LogP contribution in [0.2, 0.25) is 0 Å². The summed E-state index contributed by atoms with van der Waals surface area (Å²) in [6, 6.07) is 13.3. The number of amides is 1. The second-order valence-corrected chi connectivity index (χ2v) is 5.45. The highest BCUT2D eigenvalue weighted by atomic mass is 32.2. The molecule has 0 aromatic heterocycles. The summed E-state index contributed by atoms with van der Waals surface area (Å²) >= 11 is 1.56. The fourth-order valence-corrected chi connectivity index (χ4v) is 2.44. The molecule has 0 radical (unpaired) electrons. The smallest absolute Gasteiger partial charge is 0.269 e. The van der Waals surface area contributed by atoms with E-state index in [1.54, 1.807) is 11.8 Å². The molecule has 2 rings (SSSR count). The SMILES string of the molecule is CSc1ccccc1NC(=O)CCOc1ccc([N+](=O)[O-])cc1. The van der Waals surface area contributed by atoms with E-state index < -0.39 is 4.92 Å². The third kappa shape index (κ3) is 5.00. The largest absolute Gasteiger partial charge is 0.493 e. The lowest BCUT2D eigenvalue weighted by Gasteiger charge is -2.10. The minimum Gasteiger partial charge on any atom is -0.493 e. The van der Waals surface area contributed by atoms with Crippen molar-refractivity contribution in [3.05, 3.63) is 58.6 Å². The number of benzene rings is 2. The lowest BCUT2D eigenvalue weighted by molar-refractivity contribution is -0.384. The second-order valence-electron chi connectivity index (χ2n) is 4.60. The molecule has 0 unspecified atom stereocenters. The third-order valence-electron chi connectivity index (χ3n) is 3.03. The molecule has 0 saturated heterocycles. The highest BCUT2D eigenvalue weighted by Crippen LogP contribution is 2.24. The first-order valence-corrected chi connectivity index (χ1v) is 8.13. The van der Waals surface area contributed by atoms with E-state index in [1.165, 1.54) is 24.3 Å². The van der Waals surface area contributed by atoms with Crippen molar-refractivity contribution in [1.29, 1.82) is 0 Å². The number of ether oxygens (including phenoxy) is 1. The summed E-state index contributed by atoms with van der Waals surface area (Å²) in [5.41, 5.74) is 0.782. The van der Waals surface area contributed by atoms with Gasteiger partial charge in [0.1, 0.15) is 5.75 Å². The lowest BCUT2D eigenvalue weighted by Crippen LogP contribution is -2.15. The van der Waals surface area contributed by atoms with Crippen LogP contribution in [0.25, 0.3) is 0 Å². The molecule has 0 aliphatic rings. The summed E-state index contributed by atoms with van der Waals surface area (Å²) < 4.78 is 5.42. The van der Waals surface area contributed by atoms with E-state index in [1.807, 2.05) is 30.5 Å². The number of hydrogen-bond donors (Lipinski definition) is 1. The maximum Gasteiger partial charge on any atom is 0.269 e. The summed E-state index contributed by atoms with van der Waals surface area (Å²) in [4.78, 5) is 23.0. The van der Waals surface area contributed by atoms with Gasteiger partial charge in [0, 0.05) is 17.0 Å². The number of hydrogen-bond acceptors (Lipinski definition) is 5. The molecule has 0 saturated carbocycles. The minimum atomic E-state index is -0.472. The number of rotatable bonds is 7. The van der Waals surface area contributed by atoms with E-state index in [4.69, 9.17) is 4.74 Å². The number of nitrogens with one attached hydrogen (secondary N) is 1. The standard InChI is InChI=1S/C16H16N2O4S/c1-23-15-5-3-2-4-14(15)17-16(19)10-11-22-13-8-6-12(7-9-13)18(20)21/h2-9H,10-11H2,1H3,(H,17,19). The molecular weight excluding hydrogens is 316 g/mol. The van der Waals surface area contributed by atoms with Gasteiger partial charge in [-0.15, -0.1) is 11.8 Å². The molecule has 23 heavy (non-hydrogen) atoms. The Bertz CT molecular complexity index is 689. The van der Waals surface area contributed by atoms with E-state index in [0.717, 1.165) is 10.6 Å². The monoisotopic (exact) mass is 332 g/mol. The highest BCUT2D eigenvalue weighted by molar-refractivity contribution is 7.98. The second kappa shape index (κ2) is 8.19. The van der Waals surface area contributed by atoms with Crippen molar-refractivity contribution in [1.82, 2.24) is 0 Å². The van der Waals surface area contributed by atoms with Gasteiger partial charge in [0.2, 0.25) is 5.91 Å². The molecule has 6 nitrogen and oxygen atoms in total. The Labute approximate surface area is 138 Å².